The van der Waals surface area contributed by atoms with E-state index in [0.29, 0.717) is 24.7 Å². The smallest absolute Gasteiger partial charge is 0.274 e. The lowest BCUT2D eigenvalue weighted by molar-refractivity contribution is 0.0727. The number of carbonyl (C=O) groups is 1. The van der Waals surface area contributed by atoms with Gasteiger partial charge < -0.3 is 9.80 Å². The van der Waals surface area contributed by atoms with Crippen molar-refractivity contribution < 1.29 is 4.79 Å². The van der Waals surface area contributed by atoms with E-state index < -0.39 is 0 Å². The summed E-state index contributed by atoms with van der Waals surface area (Å²) >= 11 is 1.75. The van der Waals surface area contributed by atoms with Crippen molar-refractivity contribution in [3.63, 3.8) is 0 Å². The summed E-state index contributed by atoms with van der Waals surface area (Å²) in [5.74, 6) is 0.597. The Bertz CT molecular complexity index is 672. The molecular formula is C17H24N4OS. The Morgan fingerprint density at radius 2 is 2.13 bits per heavy atom. The first-order chi connectivity index (χ1) is 11.0. The monoisotopic (exact) mass is 332 g/mol. The van der Waals surface area contributed by atoms with Gasteiger partial charge in [-0.2, -0.15) is 5.10 Å². The fourth-order valence-electron chi connectivity index (χ4n) is 2.54. The highest BCUT2D eigenvalue weighted by molar-refractivity contribution is 7.11. The summed E-state index contributed by atoms with van der Waals surface area (Å²) in [6, 6.07) is 6.15. The van der Waals surface area contributed by atoms with Crippen LogP contribution in [-0.2, 0) is 6.54 Å². The molecule has 2 aromatic rings. The van der Waals surface area contributed by atoms with Crippen LogP contribution < -0.4 is 0 Å². The van der Waals surface area contributed by atoms with Crippen LogP contribution in [0.15, 0.2) is 18.2 Å². The Hall–Kier alpha value is -1.66. The molecule has 2 heterocycles. The molecule has 0 aromatic carbocycles. The molecule has 5 nitrogen and oxygen atoms in total. The molecule has 1 aliphatic rings. The summed E-state index contributed by atoms with van der Waals surface area (Å²) < 4.78 is 0. The van der Waals surface area contributed by atoms with Crippen molar-refractivity contribution in [1.29, 1.82) is 0 Å². The molecule has 0 spiro atoms. The second kappa shape index (κ2) is 6.84. The molecule has 23 heavy (non-hydrogen) atoms. The number of hydrogen-bond acceptors (Lipinski definition) is 4. The number of amides is 1. The molecule has 0 saturated heterocycles. The van der Waals surface area contributed by atoms with E-state index in [4.69, 9.17) is 0 Å². The number of nitrogens with one attached hydrogen (secondary N) is 1. The molecular weight excluding hydrogens is 308 g/mol. The molecule has 0 atom stereocenters. The molecule has 1 amide bonds. The molecule has 6 heteroatoms. The highest BCUT2D eigenvalue weighted by Crippen LogP contribution is 2.39. The molecule has 0 radical (unpaired) electrons. The fourth-order valence-corrected chi connectivity index (χ4v) is 3.45. The van der Waals surface area contributed by atoms with E-state index in [-0.39, 0.29) is 5.91 Å². The van der Waals surface area contributed by atoms with Gasteiger partial charge in [-0.05, 0) is 52.1 Å². The number of thiophene rings is 1. The second-order valence-electron chi connectivity index (χ2n) is 6.53. The topological polar surface area (TPSA) is 52.2 Å². The molecule has 1 fully saturated rings. The summed E-state index contributed by atoms with van der Waals surface area (Å²) in [5, 5.41) is 7.28. The number of carbonyl (C=O) groups excluding carboxylic acids is 1. The first-order valence-corrected chi connectivity index (χ1v) is 8.89. The fraction of sp³-hybridized carbons (Fsp3) is 0.529. The highest BCUT2D eigenvalue weighted by Gasteiger charge is 2.27. The average Bonchev–Trinajstić information content (AvgIpc) is 3.10. The van der Waals surface area contributed by atoms with E-state index >= 15 is 0 Å². The largest absolute Gasteiger partial charge is 0.331 e. The molecule has 0 bridgehead atoms. The third kappa shape index (κ3) is 4.20. The Labute approximate surface area is 141 Å². The van der Waals surface area contributed by atoms with Crippen LogP contribution in [0.4, 0.5) is 0 Å². The maximum absolute atomic E-state index is 12.9. The van der Waals surface area contributed by atoms with Crippen LogP contribution in [0.25, 0.3) is 0 Å². The summed E-state index contributed by atoms with van der Waals surface area (Å²) in [6.07, 6.45) is 2.41. The third-order valence-electron chi connectivity index (χ3n) is 4.08. The van der Waals surface area contributed by atoms with Crippen molar-refractivity contribution in [2.45, 2.75) is 32.2 Å². The zero-order valence-electron chi connectivity index (χ0n) is 14.0. The summed E-state index contributed by atoms with van der Waals surface area (Å²) in [6.45, 7) is 4.29. The van der Waals surface area contributed by atoms with Gasteiger partial charge in [0.1, 0.15) is 5.69 Å². The number of nitrogens with zero attached hydrogens (tertiary/aromatic N) is 3. The number of likely N-dealkylation sites (N-methyl/N-ethyl adjacent to an activating group) is 1. The van der Waals surface area contributed by atoms with Gasteiger partial charge in [0.15, 0.2) is 0 Å². The molecule has 0 aliphatic heterocycles. The second-order valence-corrected chi connectivity index (χ2v) is 7.90. The van der Waals surface area contributed by atoms with Gasteiger partial charge in [0, 0.05) is 34.5 Å². The first kappa shape index (κ1) is 16.2. The van der Waals surface area contributed by atoms with E-state index in [0.717, 1.165) is 12.2 Å². The lowest BCUT2D eigenvalue weighted by Crippen LogP contribution is -2.36. The van der Waals surface area contributed by atoms with Crippen LogP contribution in [0.3, 0.4) is 0 Å². The van der Waals surface area contributed by atoms with Crippen LogP contribution in [0.5, 0.6) is 0 Å². The molecule has 1 N–H and O–H groups in total. The van der Waals surface area contributed by atoms with Gasteiger partial charge in [-0.1, -0.05) is 0 Å². The van der Waals surface area contributed by atoms with Crippen molar-refractivity contribution in [2.24, 2.45) is 0 Å². The van der Waals surface area contributed by atoms with E-state index in [2.05, 4.69) is 34.2 Å². The van der Waals surface area contributed by atoms with Crippen molar-refractivity contribution in [2.75, 3.05) is 27.2 Å². The Balaban J connectivity index is 1.73. The van der Waals surface area contributed by atoms with Gasteiger partial charge >= 0.3 is 0 Å². The van der Waals surface area contributed by atoms with Gasteiger partial charge in [0.25, 0.3) is 5.91 Å². The van der Waals surface area contributed by atoms with Crippen LogP contribution in [0.2, 0.25) is 0 Å². The number of H-pyrrole nitrogens is 1. The molecule has 124 valence electrons. The SMILES string of the molecule is Cc1ccc(CN(CCN(C)C)C(=O)c2cc(C3CC3)[nH]n2)s1. The van der Waals surface area contributed by atoms with Crippen molar-refractivity contribution >= 4 is 17.2 Å². The summed E-state index contributed by atoms with van der Waals surface area (Å²) in [7, 11) is 4.05. The van der Waals surface area contributed by atoms with Gasteiger partial charge in [-0.25, -0.2) is 0 Å². The quantitative estimate of drug-likeness (QED) is 0.848. The maximum atomic E-state index is 12.9. The highest BCUT2D eigenvalue weighted by atomic mass is 32.1. The molecule has 1 saturated carbocycles. The van der Waals surface area contributed by atoms with Crippen LogP contribution in [-0.4, -0.2) is 53.1 Å². The maximum Gasteiger partial charge on any atom is 0.274 e. The summed E-state index contributed by atoms with van der Waals surface area (Å²) in [5.41, 5.74) is 1.65. The number of aryl methyl sites for hydroxylation is 1. The van der Waals surface area contributed by atoms with Gasteiger partial charge in [-0.3, -0.25) is 9.89 Å². The number of rotatable bonds is 7. The normalized spacial score (nSPS) is 14.4. The lowest BCUT2D eigenvalue weighted by Gasteiger charge is -2.23. The molecule has 1 aliphatic carbocycles. The third-order valence-corrected chi connectivity index (χ3v) is 5.07. The average molecular weight is 332 g/mol. The minimum absolute atomic E-state index is 0.0149. The van der Waals surface area contributed by atoms with Gasteiger partial charge in [0.2, 0.25) is 0 Å². The van der Waals surface area contributed by atoms with Crippen molar-refractivity contribution in [3.8, 4) is 0 Å². The molecule has 3 rings (SSSR count). The molecule has 2 aromatic heterocycles. The first-order valence-electron chi connectivity index (χ1n) is 8.07. The van der Waals surface area contributed by atoms with E-state index in [9.17, 15) is 4.79 Å². The van der Waals surface area contributed by atoms with Crippen LogP contribution >= 0.6 is 11.3 Å². The predicted octanol–water partition coefficient (Wildman–Crippen LogP) is 2.86. The zero-order valence-corrected chi connectivity index (χ0v) is 14.8. The predicted molar refractivity (Wildman–Crippen MR) is 92.9 cm³/mol. The standard InChI is InChI=1S/C17H24N4OS/c1-12-4-7-14(23-12)11-21(9-8-20(2)3)17(22)16-10-15(18-19-16)13-5-6-13/h4,7,10,13H,5-6,8-9,11H2,1-3H3,(H,18,19). The van der Waals surface area contributed by atoms with Gasteiger partial charge in [-0.15, -0.1) is 11.3 Å². The molecule has 0 unspecified atom stereocenters. The number of aromatic nitrogens is 2. The minimum Gasteiger partial charge on any atom is -0.331 e. The minimum atomic E-state index is 0.0149. The van der Waals surface area contributed by atoms with Crippen molar-refractivity contribution in [1.82, 2.24) is 20.0 Å². The summed E-state index contributed by atoms with van der Waals surface area (Å²) in [4.78, 5) is 19.3. The number of hydrogen-bond donors (Lipinski definition) is 1. The van der Waals surface area contributed by atoms with E-state index in [1.54, 1.807) is 11.3 Å². The Kier molecular flexibility index (Phi) is 4.82. The van der Waals surface area contributed by atoms with Crippen LogP contribution in [0.1, 0.15) is 44.7 Å². The van der Waals surface area contributed by atoms with Crippen molar-refractivity contribution in [3.05, 3.63) is 39.3 Å². The van der Waals surface area contributed by atoms with Gasteiger partial charge in [0.05, 0.1) is 6.54 Å². The number of aromatic amines is 1. The van der Waals surface area contributed by atoms with Crippen LogP contribution in [0, 0.1) is 6.92 Å². The Morgan fingerprint density at radius 1 is 1.35 bits per heavy atom. The van der Waals surface area contributed by atoms with E-state index in [1.807, 2.05) is 25.1 Å². The zero-order chi connectivity index (χ0) is 16.4. The van der Waals surface area contributed by atoms with E-state index in [1.165, 1.54) is 22.6 Å². The lowest BCUT2D eigenvalue weighted by atomic mass is 10.2. The Morgan fingerprint density at radius 3 is 2.74 bits per heavy atom.